The summed E-state index contributed by atoms with van der Waals surface area (Å²) in [4.78, 5) is 25.2. The second-order valence-corrected chi connectivity index (χ2v) is 5.31. The molecule has 0 saturated carbocycles. The monoisotopic (exact) mass is 266 g/mol. The van der Waals surface area contributed by atoms with E-state index in [2.05, 4.69) is 5.32 Å². The van der Waals surface area contributed by atoms with Crippen LogP contribution in [0.15, 0.2) is 23.1 Å². The van der Waals surface area contributed by atoms with Gasteiger partial charge in [0.05, 0.1) is 11.4 Å². The number of carboxylic acids is 1. The Labute approximate surface area is 109 Å². The zero-order valence-electron chi connectivity index (χ0n) is 10.1. The van der Waals surface area contributed by atoms with Gasteiger partial charge >= 0.3 is 5.97 Å². The molecule has 2 rings (SSSR count). The minimum Gasteiger partial charge on any atom is -0.480 e. The molecule has 1 unspecified atom stereocenters. The maximum absolute atomic E-state index is 11.3. The Morgan fingerprint density at radius 3 is 2.83 bits per heavy atom. The second-order valence-electron chi connectivity index (χ2n) is 4.30. The van der Waals surface area contributed by atoms with E-state index in [-0.39, 0.29) is 5.91 Å². The van der Waals surface area contributed by atoms with Crippen molar-refractivity contribution >= 4 is 29.3 Å². The molecule has 1 aliphatic heterocycles. The van der Waals surface area contributed by atoms with Crippen LogP contribution >= 0.6 is 11.8 Å². The molecule has 18 heavy (non-hydrogen) atoms. The number of nitrogens with zero attached hydrogens (tertiary/aromatic N) is 1. The number of amides is 1. The van der Waals surface area contributed by atoms with Gasteiger partial charge in [0.1, 0.15) is 6.04 Å². The highest BCUT2D eigenvalue weighted by Crippen LogP contribution is 2.34. The first-order chi connectivity index (χ1) is 8.49. The SMILES string of the molecule is CN(C)C(C(=O)O)c1ccc2c(c1)NC(=O)CS2. The van der Waals surface area contributed by atoms with Gasteiger partial charge < -0.3 is 10.4 Å². The summed E-state index contributed by atoms with van der Waals surface area (Å²) in [6, 6.07) is 4.67. The first-order valence-electron chi connectivity index (χ1n) is 5.45. The van der Waals surface area contributed by atoms with E-state index in [1.54, 1.807) is 31.1 Å². The fourth-order valence-corrected chi connectivity index (χ4v) is 2.72. The standard InChI is InChI=1S/C12H14N2O3S/c1-14(2)11(12(16)17)7-3-4-9-8(5-7)13-10(15)6-18-9/h3-5,11H,6H2,1-2H3,(H,13,15)(H,16,17). The van der Waals surface area contributed by atoms with Gasteiger partial charge in [-0.3, -0.25) is 14.5 Å². The summed E-state index contributed by atoms with van der Waals surface area (Å²) < 4.78 is 0. The number of carbonyl (C=O) groups is 2. The quantitative estimate of drug-likeness (QED) is 0.866. The third kappa shape index (κ3) is 2.49. The molecule has 1 amide bonds. The molecule has 0 bridgehead atoms. The lowest BCUT2D eigenvalue weighted by Gasteiger charge is -2.23. The lowest BCUT2D eigenvalue weighted by molar-refractivity contribution is -0.142. The van der Waals surface area contributed by atoms with E-state index in [1.807, 2.05) is 6.07 Å². The number of fused-ring (bicyclic) bond motifs is 1. The zero-order chi connectivity index (χ0) is 13.3. The molecular weight excluding hydrogens is 252 g/mol. The van der Waals surface area contributed by atoms with Gasteiger partial charge in [0.2, 0.25) is 5.91 Å². The third-order valence-corrected chi connectivity index (χ3v) is 3.78. The molecule has 5 nitrogen and oxygen atoms in total. The van der Waals surface area contributed by atoms with Crippen LogP contribution in [-0.2, 0) is 9.59 Å². The molecule has 0 radical (unpaired) electrons. The molecule has 0 fully saturated rings. The molecule has 0 saturated heterocycles. The molecule has 1 atom stereocenters. The van der Waals surface area contributed by atoms with Gasteiger partial charge in [0.15, 0.2) is 0 Å². The Hall–Kier alpha value is -1.53. The Balaban J connectivity index is 2.38. The summed E-state index contributed by atoms with van der Waals surface area (Å²) in [5.74, 6) is -0.557. The summed E-state index contributed by atoms with van der Waals surface area (Å²) >= 11 is 1.46. The average Bonchev–Trinajstić information content (AvgIpc) is 2.27. The van der Waals surface area contributed by atoms with E-state index >= 15 is 0 Å². The van der Waals surface area contributed by atoms with Crippen molar-refractivity contribution in [1.29, 1.82) is 0 Å². The number of hydrogen-bond acceptors (Lipinski definition) is 4. The molecule has 1 aromatic carbocycles. The van der Waals surface area contributed by atoms with Crippen LogP contribution in [0.1, 0.15) is 11.6 Å². The van der Waals surface area contributed by atoms with Gasteiger partial charge in [0.25, 0.3) is 0 Å². The van der Waals surface area contributed by atoms with E-state index in [1.165, 1.54) is 11.8 Å². The fraction of sp³-hybridized carbons (Fsp3) is 0.333. The topological polar surface area (TPSA) is 69.6 Å². The van der Waals surface area contributed by atoms with Gasteiger partial charge in [-0.1, -0.05) is 6.07 Å². The van der Waals surface area contributed by atoms with Crippen LogP contribution in [0.2, 0.25) is 0 Å². The third-order valence-electron chi connectivity index (χ3n) is 2.70. The number of rotatable bonds is 3. The van der Waals surface area contributed by atoms with Crippen LogP contribution in [-0.4, -0.2) is 41.7 Å². The van der Waals surface area contributed by atoms with E-state index in [4.69, 9.17) is 0 Å². The summed E-state index contributed by atoms with van der Waals surface area (Å²) in [5.41, 5.74) is 1.36. The number of likely N-dealkylation sites (N-methyl/N-ethyl adjacent to an activating group) is 1. The number of benzene rings is 1. The predicted octanol–water partition coefficient (Wildman–Crippen LogP) is 1.42. The lowest BCUT2D eigenvalue weighted by atomic mass is 10.1. The van der Waals surface area contributed by atoms with Gasteiger partial charge in [-0.05, 0) is 31.8 Å². The van der Waals surface area contributed by atoms with E-state index in [0.717, 1.165) is 4.90 Å². The zero-order valence-corrected chi connectivity index (χ0v) is 11.0. The molecule has 0 spiro atoms. The Morgan fingerprint density at radius 1 is 1.50 bits per heavy atom. The number of hydrogen-bond donors (Lipinski definition) is 2. The van der Waals surface area contributed by atoms with Gasteiger partial charge in [-0.25, -0.2) is 0 Å². The van der Waals surface area contributed by atoms with Crippen molar-refractivity contribution in [3.63, 3.8) is 0 Å². The molecule has 1 aliphatic rings. The van der Waals surface area contributed by atoms with Crippen molar-refractivity contribution < 1.29 is 14.7 Å². The summed E-state index contributed by atoms with van der Waals surface area (Å²) in [7, 11) is 3.43. The van der Waals surface area contributed by atoms with Gasteiger partial charge in [-0.15, -0.1) is 11.8 Å². The first kappa shape index (κ1) is 12.9. The Bertz CT molecular complexity index is 502. The summed E-state index contributed by atoms with van der Waals surface area (Å²) in [6.45, 7) is 0. The molecule has 1 heterocycles. The highest BCUT2D eigenvalue weighted by atomic mass is 32.2. The lowest BCUT2D eigenvalue weighted by Crippen LogP contribution is -2.28. The molecule has 0 aromatic heterocycles. The fourth-order valence-electron chi connectivity index (χ4n) is 1.93. The number of nitrogens with one attached hydrogen (secondary N) is 1. The number of carboxylic acid groups (broad SMARTS) is 1. The van der Waals surface area contributed by atoms with Gasteiger partial charge in [-0.2, -0.15) is 0 Å². The van der Waals surface area contributed by atoms with Crippen molar-refractivity contribution in [1.82, 2.24) is 4.90 Å². The van der Waals surface area contributed by atoms with Crippen molar-refractivity contribution in [3.05, 3.63) is 23.8 Å². The van der Waals surface area contributed by atoms with Crippen LogP contribution < -0.4 is 5.32 Å². The second kappa shape index (κ2) is 4.99. The largest absolute Gasteiger partial charge is 0.480 e. The molecule has 6 heteroatoms. The Kier molecular flexibility index (Phi) is 3.58. The van der Waals surface area contributed by atoms with Gasteiger partial charge in [0, 0.05) is 4.90 Å². The minimum absolute atomic E-state index is 0.0543. The highest BCUT2D eigenvalue weighted by molar-refractivity contribution is 8.00. The normalized spacial score (nSPS) is 16.1. The van der Waals surface area contributed by atoms with Crippen molar-refractivity contribution in [3.8, 4) is 0 Å². The summed E-state index contributed by atoms with van der Waals surface area (Å²) in [6.07, 6.45) is 0. The number of carbonyl (C=O) groups excluding carboxylic acids is 1. The minimum atomic E-state index is -0.908. The van der Waals surface area contributed by atoms with E-state index in [9.17, 15) is 14.7 Å². The first-order valence-corrected chi connectivity index (χ1v) is 6.43. The molecule has 2 N–H and O–H groups in total. The Morgan fingerprint density at radius 2 is 2.22 bits per heavy atom. The van der Waals surface area contributed by atoms with Crippen LogP contribution in [0.5, 0.6) is 0 Å². The smallest absolute Gasteiger partial charge is 0.325 e. The van der Waals surface area contributed by atoms with Crippen LogP contribution in [0.4, 0.5) is 5.69 Å². The predicted molar refractivity (Wildman–Crippen MR) is 69.9 cm³/mol. The summed E-state index contributed by atoms with van der Waals surface area (Å²) in [5, 5.41) is 12.0. The van der Waals surface area contributed by atoms with Crippen LogP contribution in [0.3, 0.4) is 0 Å². The number of anilines is 1. The maximum Gasteiger partial charge on any atom is 0.325 e. The number of thioether (sulfide) groups is 1. The molecule has 1 aromatic rings. The molecular formula is C12H14N2O3S. The van der Waals surface area contributed by atoms with Crippen LogP contribution in [0, 0.1) is 0 Å². The molecule has 96 valence electrons. The van der Waals surface area contributed by atoms with Crippen molar-refractivity contribution in [2.75, 3.05) is 25.2 Å². The average molecular weight is 266 g/mol. The van der Waals surface area contributed by atoms with E-state index < -0.39 is 12.0 Å². The van der Waals surface area contributed by atoms with Crippen LogP contribution in [0.25, 0.3) is 0 Å². The maximum atomic E-state index is 11.3. The highest BCUT2D eigenvalue weighted by Gasteiger charge is 2.24. The van der Waals surface area contributed by atoms with E-state index in [0.29, 0.717) is 17.0 Å². The van der Waals surface area contributed by atoms with Crippen molar-refractivity contribution in [2.24, 2.45) is 0 Å². The van der Waals surface area contributed by atoms with Crippen molar-refractivity contribution in [2.45, 2.75) is 10.9 Å². The molecule has 0 aliphatic carbocycles. The number of aliphatic carboxylic acids is 1.